The van der Waals surface area contributed by atoms with Gasteiger partial charge < -0.3 is 14.2 Å². The number of methoxy groups -OCH3 is 1. The molecule has 0 aliphatic carbocycles. The molecule has 0 heterocycles. The Morgan fingerprint density at radius 1 is 0.621 bits per heavy atom. The maximum absolute atomic E-state index is 11.9. The lowest BCUT2D eigenvalue weighted by molar-refractivity contribution is 0.0432. The molecule has 0 N–H and O–H groups in total. The van der Waals surface area contributed by atoms with Crippen LogP contribution < -0.4 is 0 Å². The van der Waals surface area contributed by atoms with Gasteiger partial charge in [0.05, 0.1) is 37.0 Å². The van der Waals surface area contributed by atoms with Gasteiger partial charge in [0.15, 0.2) is 5.78 Å². The number of carbonyl (C=O) groups is 4. The number of hydrogen-bond donors (Lipinski definition) is 0. The minimum Gasteiger partial charge on any atom is -0.465 e. The van der Waals surface area contributed by atoms with Gasteiger partial charge in [-0.25, -0.2) is 14.4 Å². The van der Waals surface area contributed by atoms with Crippen molar-refractivity contribution in [1.29, 1.82) is 0 Å². The van der Waals surface area contributed by atoms with Crippen molar-refractivity contribution in [3.05, 3.63) is 70.8 Å². The van der Waals surface area contributed by atoms with Gasteiger partial charge >= 0.3 is 17.9 Å². The molecule has 0 radical (unpaired) electrons. The van der Waals surface area contributed by atoms with Crippen molar-refractivity contribution < 1.29 is 33.4 Å². The van der Waals surface area contributed by atoms with Crippen LogP contribution in [0.1, 0.15) is 61.2 Å². The van der Waals surface area contributed by atoms with Gasteiger partial charge in [0.25, 0.3) is 0 Å². The Hall–Kier alpha value is -3.48. The van der Waals surface area contributed by atoms with Gasteiger partial charge in [-0.3, -0.25) is 4.79 Å². The molecule has 7 nitrogen and oxygen atoms in total. The van der Waals surface area contributed by atoms with Crippen molar-refractivity contribution in [1.82, 2.24) is 0 Å². The zero-order valence-electron chi connectivity index (χ0n) is 16.3. The highest BCUT2D eigenvalue weighted by molar-refractivity contribution is 5.96. The van der Waals surface area contributed by atoms with E-state index in [1.165, 1.54) is 38.3 Å². The summed E-state index contributed by atoms with van der Waals surface area (Å²) in [5.74, 6) is -1.51. The van der Waals surface area contributed by atoms with E-state index in [1.807, 2.05) is 0 Å². The van der Waals surface area contributed by atoms with Crippen LogP contribution in [0.25, 0.3) is 0 Å². The first-order valence-corrected chi connectivity index (χ1v) is 9.06. The van der Waals surface area contributed by atoms with Gasteiger partial charge in [0.2, 0.25) is 0 Å². The standard InChI is InChI=1S/C22H22O7/c1-15(23)16-5-7-18(8-6-16)21(25)28-13-3-4-14-29-22(26)19-11-9-17(10-12-19)20(24)27-2/h5-12H,3-4,13-14H2,1-2H3. The zero-order chi connectivity index (χ0) is 21.2. The fourth-order valence-corrected chi connectivity index (χ4v) is 2.40. The highest BCUT2D eigenvalue weighted by atomic mass is 16.5. The molecule has 2 aromatic carbocycles. The summed E-state index contributed by atoms with van der Waals surface area (Å²) in [5.41, 5.74) is 1.58. The Kier molecular flexibility index (Phi) is 8.09. The average molecular weight is 398 g/mol. The molecule has 0 saturated heterocycles. The highest BCUT2D eigenvalue weighted by Gasteiger charge is 2.11. The molecule has 152 valence electrons. The quantitative estimate of drug-likeness (QED) is 0.276. The number of ketones is 1. The second-order valence-corrected chi connectivity index (χ2v) is 6.18. The van der Waals surface area contributed by atoms with Crippen LogP contribution in [0, 0.1) is 0 Å². The number of benzene rings is 2. The van der Waals surface area contributed by atoms with Crippen LogP contribution in [0.4, 0.5) is 0 Å². The largest absolute Gasteiger partial charge is 0.465 e. The molecule has 2 aromatic rings. The van der Waals surface area contributed by atoms with E-state index in [4.69, 9.17) is 9.47 Å². The number of hydrogen-bond acceptors (Lipinski definition) is 7. The van der Waals surface area contributed by atoms with Crippen LogP contribution in [0.3, 0.4) is 0 Å². The SMILES string of the molecule is COC(=O)c1ccc(C(=O)OCCCCOC(=O)c2ccc(C(C)=O)cc2)cc1. The van der Waals surface area contributed by atoms with Crippen LogP contribution in [0.5, 0.6) is 0 Å². The fraction of sp³-hybridized carbons (Fsp3) is 0.273. The van der Waals surface area contributed by atoms with E-state index in [1.54, 1.807) is 24.3 Å². The summed E-state index contributed by atoms with van der Waals surface area (Å²) in [6, 6.07) is 12.2. The first-order chi connectivity index (χ1) is 13.9. The van der Waals surface area contributed by atoms with E-state index < -0.39 is 17.9 Å². The molecule has 0 aliphatic heterocycles. The number of carbonyl (C=O) groups excluding carboxylic acids is 4. The van der Waals surface area contributed by atoms with Crippen LogP contribution in [0.2, 0.25) is 0 Å². The summed E-state index contributed by atoms with van der Waals surface area (Å²) in [4.78, 5) is 46.5. The van der Waals surface area contributed by atoms with Gasteiger partial charge in [-0.2, -0.15) is 0 Å². The Morgan fingerprint density at radius 2 is 0.966 bits per heavy atom. The lowest BCUT2D eigenvalue weighted by Crippen LogP contribution is -2.10. The van der Waals surface area contributed by atoms with E-state index in [2.05, 4.69) is 4.74 Å². The fourth-order valence-electron chi connectivity index (χ4n) is 2.40. The molecule has 0 bridgehead atoms. The Balaban J connectivity index is 1.66. The molecule has 7 heteroatoms. The molecular weight excluding hydrogens is 376 g/mol. The molecule has 29 heavy (non-hydrogen) atoms. The Morgan fingerprint density at radius 3 is 1.31 bits per heavy atom. The molecule has 0 fully saturated rings. The number of unbranched alkanes of at least 4 members (excludes halogenated alkanes) is 1. The van der Waals surface area contributed by atoms with Gasteiger partial charge in [-0.05, 0) is 56.2 Å². The Labute approximate surface area is 168 Å². The van der Waals surface area contributed by atoms with E-state index in [0.717, 1.165) is 0 Å². The van der Waals surface area contributed by atoms with Crippen molar-refractivity contribution in [2.24, 2.45) is 0 Å². The maximum atomic E-state index is 11.9. The maximum Gasteiger partial charge on any atom is 0.338 e. The van der Waals surface area contributed by atoms with Crippen LogP contribution >= 0.6 is 0 Å². The number of ether oxygens (including phenoxy) is 3. The smallest absolute Gasteiger partial charge is 0.338 e. The van der Waals surface area contributed by atoms with Gasteiger partial charge in [0.1, 0.15) is 0 Å². The highest BCUT2D eigenvalue weighted by Crippen LogP contribution is 2.09. The zero-order valence-corrected chi connectivity index (χ0v) is 16.3. The second-order valence-electron chi connectivity index (χ2n) is 6.18. The van der Waals surface area contributed by atoms with Crippen molar-refractivity contribution in [3.8, 4) is 0 Å². The summed E-state index contributed by atoms with van der Waals surface area (Å²) in [6.45, 7) is 1.83. The van der Waals surface area contributed by atoms with Crippen LogP contribution in [-0.2, 0) is 14.2 Å². The molecule has 0 amide bonds. The normalized spacial score (nSPS) is 10.1. The minimum absolute atomic E-state index is 0.0705. The third kappa shape index (κ3) is 6.57. The molecule has 0 spiro atoms. The summed E-state index contributed by atoms with van der Waals surface area (Å²) in [6.07, 6.45) is 1.06. The summed E-state index contributed by atoms with van der Waals surface area (Å²) < 4.78 is 14.9. The average Bonchev–Trinajstić information content (AvgIpc) is 2.75. The molecule has 0 unspecified atom stereocenters. The Bertz CT molecular complexity index is 867. The first-order valence-electron chi connectivity index (χ1n) is 9.06. The summed E-state index contributed by atoms with van der Waals surface area (Å²) in [5, 5.41) is 0. The predicted molar refractivity (Wildman–Crippen MR) is 104 cm³/mol. The molecule has 0 saturated carbocycles. The lowest BCUT2D eigenvalue weighted by atomic mass is 10.1. The molecule has 0 aromatic heterocycles. The van der Waals surface area contributed by atoms with Crippen molar-refractivity contribution in [2.75, 3.05) is 20.3 Å². The summed E-state index contributed by atoms with van der Waals surface area (Å²) >= 11 is 0. The third-order valence-corrected chi connectivity index (χ3v) is 4.07. The first kappa shape index (κ1) is 21.8. The van der Waals surface area contributed by atoms with E-state index >= 15 is 0 Å². The third-order valence-electron chi connectivity index (χ3n) is 4.07. The molecule has 0 atom stereocenters. The minimum atomic E-state index is -0.496. The topological polar surface area (TPSA) is 96.0 Å². The van der Waals surface area contributed by atoms with Crippen molar-refractivity contribution >= 4 is 23.7 Å². The number of Topliss-reactive ketones (excluding diaryl/α,β-unsaturated/α-hetero) is 1. The van der Waals surface area contributed by atoms with Crippen molar-refractivity contribution in [2.45, 2.75) is 19.8 Å². The number of rotatable bonds is 9. The van der Waals surface area contributed by atoms with Gasteiger partial charge in [-0.1, -0.05) is 12.1 Å². The van der Waals surface area contributed by atoms with E-state index in [-0.39, 0.29) is 19.0 Å². The second kappa shape index (κ2) is 10.8. The monoisotopic (exact) mass is 398 g/mol. The van der Waals surface area contributed by atoms with Gasteiger partial charge in [0, 0.05) is 5.56 Å². The predicted octanol–water partition coefficient (Wildman–Crippen LogP) is 3.47. The van der Waals surface area contributed by atoms with E-state index in [9.17, 15) is 19.2 Å². The molecular formula is C22H22O7. The van der Waals surface area contributed by atoms with Crippen LogP contribution in [0.15, 0.2) is 48.5 Å². The van der Waals surface area contributed by atoms with Gasteiger partial charge in [-0.15, -0.1) is 0 Å². The van der Waals surface area contributed by atoms with E-state index in [0.29, 0.717) is 35.1 Å². The molecule has 0 aliphatic rings. The van der Waals surface area contributed by atoms with Crippen LogP contribution in [-0.4, -0.2) is 44.0 Å². The number of esters is 3. The lowest BCUT2D eigenvalue weighted by Gasteiger charge is -2.07. The molecule has 2 rings (SSSR count). The van der Waals surface area contributed by atoms with Crippen molar-refractivity contribution in [3.63, 3.8) is 0 Å². The summed E-state index contributed by atoms with van der Waals surface area (Å²) in [7, 11) is 1.28.